The van der Waals surface area contributed by atoms with Crippen LogP contribution in [0.5, 0.6) is 0 Å². The second-order valence-corrected chi connectivity index (χ2v) is 23.4. The third-order valence-corrected chi connectivity index (χ3v) is 15.4. The molecule has 0 aromatic heterocycles. The van der Waals surface area contributed by atoms with Crippen LogP contribution in [0.2, 0.25) is 0 Å². The number of rotatable bonds is 64. The molecule has 1 unspecified atom stereocenters. The lowest BCUT2D eigenvalue weighted by Crippen LogP contribution is -2.30. The van der Waals surface area contributed by atoms with Crippen molar-refractivity contribution in [3.05, 3.63) is 85.1 Å². The number of unbranched alkanes of at least 4 members (excludes halogenated alkanes) is 39. The van der Waals surface area contributed by atoms with E-state index < -0.39 is 6.10 Å². The van der Waals surface area contributed by atoms with E-state index in [4.69, 9.17) is 14.2 Å². The SMILES string of the molecule is CC/C=C\C/C=C\C/C=C\C/C=C\C/C=C\CCCCCCCCCCCCCCCCCCCCCC(=O)OCC(COC(=O)CCCCCCCCCCCCCCCC)OC(=O)CCCCCCC/C=C\C/C=C\CCCC. The molecule has 0 radical (unpaired) electrons. The Labute approximate surface area is 503 Å². The van der Waals surface area contributed by atoms with Gasteiger partial charge in [-0.1, -0.05) is 331 Å². The molecule has 0 saturated heterocycles. The summed E-state index contributed by atoms with van der Waals surface area (Å²) in [4.78, 5) is 38.3. The van der Waals surface area contributed by atoms with Crippen LogP contribution in [-0.2, 0) is 28.6 Å². The number of hydrogen-bond acceptors (Lipinski definition) is 6. The van der Waals surface area contributed by atoms with E-state index in [-0.39, 0.29) is 31.1 Å². The molecule has 1 atom stereocenters. The molecule has 468 valence electrons. The van der Waals surface area contributed by atoms with Gasteiger partial charge in [0.1, 0.15) is 13.2 Å². The summed E-state index contributed by atoms with van der Waals surface area (Å²) in [5, 5.41) is 0. The maximum atomic E-state index is 12.9. The molecule has 6 heteroatoms. The highest BCUT2D eigenvalue weighted by Crippen LogP contribution is 2.18. The summed E-state index contributed by atoms with van der Waals surface area (Å²) in [5.74, 6) is -0.870. The maximum absolute atomic E-state index is 12.9. The van der Waals surface area contributed by atoms with E-state index in [1.807, 2.05) is 0 Å². The molecule has 0 fully saturated rings. The number of allylic oxidation sites excluding steroid dienone is 14. The quantitative estimate of drug-likeness (QED) is 0.0261. The van der Waals surface area contributed by atoms with Crippen molar-refractivity contribution in [1.82, 2.24) is 0 Å². The lowest BCUT2D eigenvalue weighted by atomic mass is 10.0. The third-order valence-electron chi connectivity index (χ3n) is 15.4. The highest BCUT2D eigenvalue weighted by Gasteiger charge is 2.19. The predicted molar refractivity (Wildman–Crippen MR) is 353 cm³/mol. The topological polar surface area (TPSA) is 78.9 Å². The monoisotopic (exact) mass is 1130 g/mol. The number of carbonyl (C=O) groups is 3. The molecule has 0 aromatic carbocycles. The standard InChI is InChI=1S/C75H132O6/c1-4-7-10-13-16-19-22-25-28-29-30-31-32-33-34-35-36-37-38-39-40-41-42-43-44-45-46-47-48-51-53-56-59-62-65-68-74(77)80-71-72(81-75(78)69-66-63-60-57-54-50-27-24-21-18-15-12-9-6-3)70-79-73(76)67-64-61-58-55-52-49-26-23-20-17-14-11-8-5-2/h7,10,15-16,18-19,24-25,27-28,30-31,33-34,72H,4-6,8-9,11-14,17,20-23,26,29,32,35-71H2,1-3H3/b10-7-,18-15-,19-16-,27-24-,28-25-,31-30-,34-33-. The molecular formula is C75H132O6. The van der Waals surface area contributed by atoms with Gasteiger partial charge in [0.2, 0.25) is 0 Å². The Hall–Kier alpha value is -3.41. The van der Waals surface area contributed by atoms with Crippen molar-refractivity contribution >= 4 is 17.9 Å². The van der Waals surface area contributed by atoms with Crippen LogP contribution in [0, 0.1) is 0 Å². The van der Waals surface area contributed by atoms with Gasteiger partial charge >= 0.3 is 17.9 Å². The van der Waals surface area contributed by atoms with Gasteiger partial charge in [-0.3, -0.25) is 14.4 Å². The van der Waals surface area contributed by atoms with Gasteiger partial charge in [0.25, 0.3) is 0 Å². The van der Waals surface area contributed by atoms with Gasteiger partial charge in [0.05, 0.1) is 0 Å². The molecule has 6 nitrogen and oxygen atoms in total. The van der Waals surface area contributed by atoms with Crippen molar-refractivity contribution in [2.75, 3.05) is 13.2 Å². The summed E-state index contributed by atoms with van der Waals surface area (Å²) >= 11 is 0. The fraction of sp³-hybridized carbons (Fsp3) is 0.773. The Morgan fingerprint density at radius 2 is 0.494 bits per heavy atom. The van der Waals surface area contributed by atoms with E-state index in [0.717, 1.165) is 116 Å². The Kier molecular flexibility index (Phi) is 66.2. The first-order chi connectivity index (χ1) is 40.0. The van der Waals surface area contributed by atoms with Crippen LogP contribution in [0.25, 0.3) is 0 Å². The molecule has 0 amide bonds. The van der Waals surface area contributed by atoms with Gasteiger partial charge < -0.3 is 14.2 Å². The minimum absolute atomic E-state index is 0.0759. The zero-order valence-corrected chi connectivity index (χ0v) is 53.8. The number of ether oxygens (including phenoxy) is 3. The summed E-state index contributed by atoms with van der Waals surface area (Å²) in [6.07, 6.45) is 91.9. The minimum atomic E-state index is -0.780. The number of esters is 3. The van der Waals surface area contributed by atoms with Crippen molar-refractivity contribution in [1.29, 1.82) is 0 Å². The summed E-state index contributed by atoms with van der Waals surface area (Å²) in [5.41, 5.74) is 0. The van der Waals surface area contributed by atoms with Crippen molar-refractivity contribution < 1.29 is 28.6 Å². The van der Waals surface area contributed by atoms with E-state index in [9.17, 15) is 14.4 Å². The minimum Gasteiger partial charge on any atom is -0.462 e. The first-order valence-corrected chi connectivity index (χ1v) is 35.1. The van der Waals surface area contributed by atoms with Crippen molar-refractivity contribution in [2.24, 2.45) is 0 Å². The molecule has 0 heterocycles. The van der Waals surface area contributed by atoms with E-state index in [1.54, 1.807) is 0 Å². The van der Waals surface area contributed by atoms with Gasteiger partial charge in [-0.15, -0.1) is 0 Å². The average Bonchev–Trinajstić information content (AvgIpc) is 3.47. The molecule has 0 aliphatic heterocycles. The van der Waals surface area contributed by atoms with Crippen LogP contribution in [0.3, 0.4) is 0 Å². The van der Waals surface area contributed by atoms with E-state index in [1.165, 1.54) is 199 Å². The molecule has 0 saturated carbocycles. The fourth-order valence-corrected chi connectivity index (χ4v) is 10.1. The first kappa shape index (κ1) is 77.6. The van der Waals surface area contributed by atoms with Crippen LogP contribution in [0.15, 0.2) is 85.1 Å². The second kappa shape index (κ2) is 69.1. The highest BCUT2D eigenvalue weighted by atomic mass is 16.6. The molecule has 0 aliphatic carbocycles. The van der Waals surface area contributed by atoms with Crippen molar-refractivity contribution in [2.45, 2.75) is 361 Å². The fourth-order valence-electron chi connectivity index (χ4n) is 10.1. The second-order valence-electron chi connectivity index (χ2n) is 23.4. The zero-order valence-electron chi connectivity index (χ0n) is 53.8. The molecule has 0 N–H and O–H groups in total. The summed E-state index contributed by atoms with van der Waals surface area (Å²) in [6, 6.07) is 0. The van der Waals surface area contributed by atoms with Crippen molar-refractivity contribution in [3.63, 3.8) is 0 Å². The van der Waals surface area contributed by atoms with Crippen LogP contribution >= 0.6 is 0 Å². The van der Waals surface area contributed by atoms with E-state index in [0.29, 0.717) is 19.3 Å². The van der Waals surface area contributed by atoms with E-state index >= 15 is 0 Å². The molecule has 0 aromatic rings. The Bertz CT molecular complexity index is 1530. The summed E-state index contributed by atoms with van der Waals surface area (Å²) in [7, 11) is 0. The Balaban J connectivity index is 4.10. The summed E-state index contributed by atoms with van der Waals surface area (Å²) in [6.45, 7) is 6.52. The maximum Gasteiger partial charge on any atom is 0.306 e. The van der Waals surface area contributed by atoms with Gasteiger partial charge in [-0.2, -0.15) is 0 Å². The van der Waals surface area contributed by atoms with Gasteiger partial charge in [-0.25, -0.2) is 0 Å². The lowest BCUT2D eigenvalue weighted by Gasteiger charge is -2.18. The normalized spacial score (nSPS) is 12.6. The zero-order chi connectivity index (χ0) is 58.5. The van der Waals surface area contributed by atoms with Gasteiger partial charge in [0.15, 0.2) is 6.10 Å². The highest BCUT2D eigenvalue weighted by molar-refractivity contribution is 5.71. The number of carbonyl (C=O) groups excluding carboxylic acids is 3. The average molecular weight is 1130 g/mol. The molecule has 0 bridgehead atoms. The van der Waals surface area contributed by atoms with Gasteiger partial charge in [-0.05, 0) is 89.9 Å². The Morgan fingerprint density at radius 1 is 0.259 bits per heavy atom. The van der Waals surface area contributed by atoms with Crippen LogP contribution in [0.1, 0.15) is 355 Å². The van der Waals surface area contributed by atoms with Crippen LogP contribution in [0.4, 0.5) is 0 Å². The molecular weight excluding hydrogens is 997 g/mol. The molecule has 0 aliphatic rings. The smallest absolute Gasteiger partial charge is 0.306 e. The van der Waals surface area contributed by atoms with E-state index in [2.05, 4.69) is 106 Å². The third kappa shape index (κ3) is 67.3. The Morgan fingerprint density at radius 3 is 0.790 bits per heavy atom. The molecule has 0 rings (SSSR count). The molecule has 0 spiro atoms. The number of hydrogen-bond donors (Lipinski definition) is 0. The lowest BCUT2D eigenvalue weighted by molar-refractivity contribution is -0.167. The van der Waals surface area contributed by atoms with Crippen LogP contribution < -0.4 is 0 Å². The largest absolute Gasteiger partial charge is 0.462 e. The first-order valence-electron chi connectivity index (χ1n) is 35.1. The van der Waals surface area contributed by atoms with Gasteiger partial charge in [0, 0.05) is 19.3 Å². The predicted octanol–water partition coefficient (Wildman–Crippen LogP) is 24.2. The summed E-state index contributed by atoms with van der Waals surface area (Å²) < 4.78 is 16.9. The van der Waals surface area contributed by atoms with Crippen molar-refractivity contribution in [3.8, 4) is 0 Å². The molecule has 81 heavy (non-hydrogen) atoms. The van der Waals surface area contributed by atoms with Crippen LogP contribution in [-0.4, -0.2) is 37.2 Å².